The van der Waals surface area contributed by atoms with Crippen LogP contribution in [0.25, 0.3) is 0 Å². The molecule has 0 aliphatic carbocycles. The Kier molecular flexibility index (Phi) is 6.31. The second-order valence-electron chi connectivity index (χ2n) is 5.38. The summed E-state index contributed by atoms with van der Waals surface area (Å²) in [5, 5.41) is 8.60. The van der Waals surface area contributed by atoms with Crippen LogP contribution in [0.3, 0.4) is 0 Å². The molecule has 0 saturated carbocycles. The van der Waals surface area contributed by atoms with E-state index in [1.165, 1.54) is 0 Å². The minimum Gasteiger partial charge on any atom is -0.376 e. The zero-order valence-corrected chi connectivity index (χ0v) is 15.4. The lowest BCUT2D eigenvalue weighted by Crippen LogP contribution is -2.34. The first-order valence-electron chi connectivity index (χ1n) is 7.75. The number of thiocarbonyl (C=S) groups is 1. The minimum atomic E-state index is 0.251. The van der Waals surface area contributed by atoms with Crippen LogP contribution in [0.4, 0.5) is 5.69 Å². The molecule has 3 rings (SSSR count). The highest BCUT2D eigenvalue weighted by Crippen LogP contribution is 2.32. The second kappa shape index (κ2) is 8.67. The van der Waals surface area contributed by atoms with Crippen molar-refractivity contribution in [1.82, 2.24) is 10.3 Å². The number of hydrogen-bond donors (Lipinski definition) is 2. The quantitative estimate of drug-likeness (QED) is 0.753. The van der Waals surface area contributed by atoms with Gasteiger partial charge in [0.05, 0.1) is 11.8 Å². The number of hydrogen-bond acceptors (Lipinski definition) is 4. The molecule has 126 valence electrons. The van der Waals surface area contributed by atoms with Crippen LogP contribution in [-0.2, 0) is 4.74 Å². The molecule has 2 aromatic rings. The second-order valence-corrected chi connectivity index (χ2v) is 7.29. The molecule has 2 heterocycles. The van der Waals surface area contributed by atoms with Crippen LogP contribution in [0.2, 0.25) is 5.02 Å². The third-order valence-electron chi connectivity index (χ3n) is 3.56. The van der Waals surface area contributed by atoms with Gasteiger partial charge in [0.25, 0.3) is 0 Å². The first kappa shape index (κ1) is 17.5. The molecule has 1 aromatic heterocycles. The molecule has 1 atom stereocenters. The monoisotopic (exact) mass is 379 g/mol. The predicted octanol–water partition coefficient (Wildman–Crippen LogP) is 4.35. The summed E-state index contributed by atoms with van der Waals surface area (Å²) in [7, 11) is 0. The van der Waals surface area contributed by atoms with E-state index in [2.05, 4.69) is 15.6 Å². The van der Waals surface area contributed by atoms with Crippen LogP contribution in [0.1, 0.15) is 12.8 Å². The van der Waals surface area contributed by atoms with E-state index >= 15 is 0 Å². The average Bonchev–Trinajstić information content (AvgIpc) is 3.10. The molecule has 1 fully saturated rings. The molecular weight excluding hydrogens is 362 g/mol. The highest BCUT2D eigenvalue weighted by molar-refractivity contribution is 7.99. The fourth-order valence-electron chi connectivity index (χ4n) is 2.36. The third-order valence-corrected chi connectivity index (χ3v) is 5.09. The lowest BCUT2D eigenvalue weighted by molar-refractivity contribution is 0.114. The standard InChI is InChI=1S/C17H18ClN3OS2/c18-12-5-7-14(8-6-12)24-16-15(4-1-9-19-16)21-17(23)20-11-13-3-2-10-22-13/h1,4-9,13H,2-3,10-11H2,(H2,20,21,23)/t13-/m1/s1. The molecule has 24 heavy (non-hydrogen) atoms. The van der Waals surface area contributed by atoms with Crippen molar-refractivity contribution in [2.24, 2.45) is 0 Å². The molecule has 1 saturated heterocycles. The van der Waals surface area contributed by atoms with Gasteiger partial charge in [-0.1, -0.05) is 23.4 Å². The maximum atomic E-state index is 5.93. The Morgan fingerprint density at radius 2 is 2.17 bits per heavy atom. The Morgan fingerprint density at radius 3 is 2.92 bits per heavy atom. The number of nitrogens with zero attached hydrogens (tertiary/aromatic N) is 1. The van der Waals surface area contributed by atoms with Crippen LogP contribution in [0.15, 0.2) is 52.5 Å². The van der Waals surface area contributed by atoms with Gasteiger partial charge in [0, 0.05) is 29.3 Å². The number of aromatic nitrogens is 1. The zero-order chi connectivity index (χ0) is 16.8. The van der Waals surface area contributed by atoms with Gasteiger partial charge < -0.3 is 15.4 Å². The summed E-state index contributed by atoms with van der Waals surface area (Å²) in [6.45, 7) is 1.57. The van der Waals surface area contributed by atoms with Crippen LogP contribution >= 0.6 is 35.6 Å². The van der Waals surface area contributed by atoms with Gasteiger partial charge in [-0.3, -0.25) is 0 Å². The molecule has 2 N–H and O–H groups in total. The third kappa shape index (κ3) is 5.08. The number of halogens is 1. The summed E-state index contributed by atoms with van der Waals surface area (Å²) in [6, 6.07) is 11.5. The average molecular weight is 380 g/mol. The van der Waals surface area contributed by atoms with Gasteiger partial charge in [-0.2, -0.15) is 0 Å². The maximum absolute atomic E-state index is 5.93. The Labute approximate surface area is 156 Å². The number of ether oxygens (including phenoxy) is 1. The van der Waals surface area contributed by atoms with Crippen molar-refractivity contribution in [2.75, 3.05) is 18.5 Å². The van der Waals surface area contributed by atoms with Crippen molar-refractivity contribution >= 4 is 46.4 Å². The van der Waals surface area contributed by atoms with Crippen molar-refractivity contribution in [3.63, 3.8) is 0 Å². The molecule has 1 aliphatic rings. The Balaban J connectivity index is 1.60. The summed E-state index contributed by atoms with van der Waals surface area (Å²) in [5.74, 6) is 0. The van der Waals surface area contributed by atoms with Crippen molar-refractivity contribution in [1.29, 1.82) is 0 Å². The number of anilines is 1. The highest BCUT2D eigenvalue weighted by atomic mass is 35.5. The van der Waals surface area contributed by atoms with Gasteiger partial charge in [-0.25, -0.2) is 4.98 Å². The molecule has 0 spiro atoms. The van der Waals surface area contributed by atoms with Gasteiger partial charge in [0.1, 0.15) is 5.03 Å². The van der Waals surface area contributed by atoms with Gasteiger partial charge in [0.2, 0.25) is 0 Å². The number of pyridine rings is 1. The Hall–Kier alpha value is -1.34. The van der Waals surface area contributed by atoms with Crippen LogP contribution in [0, 0.1) is 0 Å². The van der Waals surface area contributed by atoms with E-state index < -0.39 is 0 Å². The van der Waals surface area contributed by atoms with E-state index in [-0.39, 0.29) is 6.10 Å². The minimum absolute atomic E-state index is 0.251. The van der Waals surface area contributed by atoms with Crippen molar-refractivity contribution in [2.45, 2.75) is 28.9 Å². The fourth-order valence-corrected chi connectivity index (χ4v) is 3.52. The first-order chi connectivity index (χ1) is 11.7. The molecule has 0 radical (unpaired) electrons. The van der Waals surface area contributed by atoms with Gasteiger partial charge in [-0.15, -0.1) is 0 Å². The molecule has 7 heteroatoms. The maximum Gasteiger partial charge on any atom is 0.170 e. The van der Waals surface area contributed by atoms with Crippen LogP contribution in [0.5, 0.6) is 0 Å². The molecule has 4 nitrogen and oxygen atoms in total. The Morgan fingerprint density at radius 1 is 1.33 bits per heavy atom. The summed E-state index contributed by atoms with van der Waals surface area (Å²) in [6.07, 6.45) is 4.23. The molecule has 0 bridgehead atoms. The molecule has 1 aliphatic heterocycles. The van der Waals surface area contributed by atoms with Crippen molar-refractivity contribution in [3.05, 3.63) is 47.6 Å². The zero-order valence-electron chi connectivity index (χ0n) is 13.0. The number of benzene rings is 1. The van der Waals surface area contributed by atoms with E-state index in [1.54, 1.807) is 18.0 Å². The highest BCUT2D eigenvalue weighted by Gasteiger charge is 2.15. The summed E-state index contributed by atoms with van der Waals surface area (Å²) in [4.78, 5) is 5.51. The number of rotatable bonds is 5. The largest absolute Gasteiger partial charge is 0.376 e. The SMILES string of the molecule is S=C(NC[C@H]1CCCO1)Nc1cccnc1Sc1ccc(Cl)cc1. The molecule has 1 aromatic carbocycles. The van der Waals surface area contributed by atoms with E-state index in [1.807, 2.05) is 36.4 Å². The molecule has 0 unspecified atom stereocenters. The van der Waals surface area contributed by atoms with E-state index in [0.29, 0.717) is 5.11 Å². The predicted molar refractivity (Wildman–Crippen MR) is 103 cm³/mol. The Bertz CT molecular complexity index is 690. The lowest BCUT2D eigenvalue weighted by atomic mass is 10.2. The first-order valence-corrected chi connectivity index (χ1v) is 9.36. The van der Waals surface area contributed by atoms with E-state index in [9.17, 15) is 0 Å². The summed E-state index contributed by atoms with van der Waals surface area (Å²) >= 11 is 12.9. The van der Waals surface area contributed by atoms with Crippen LogP contribution in [-0.4, -0.2) is 29.4 Å². The molecule has 0 amide bonds. The van der Waals surface area contributed by atoms with Crippen molar-refractivity contribution in [3.8, 4) is 0 Å². The van der Waals surface area contributed by atoms with Gasteiger partial charge >= 0.3 is 0 Å². The fraction of sp³-hybridized carbons (Fsp3) is 0.294. The topological polar surface area (TPSA) is 46.2 Å². The van der Waals surface area contributed by atoms with E-state index in [4.69, 9.17) is 28.6 Å². The number of nitrogens with one attached hydrogen (secondary N) is 2. The summed E-state index contributed by atoms with van der Waals surface area (Å²) in [5.41, 5.74) is 0.877. The van der Waals surface area contributed by atoms with Crippen LogP contribution < -0.4 is 10.6 Å². The summed E-state index contributed by atoms with van der Waals surface area (Å²) < 4.78 is 5.59. The van der Waals surface area contributed by atoms with E-state index in [0.717, 1.165) is 46.6 Å². The van der Waals surface area contributed by atoms with Gasteiger partial charge in [-0.05, 0) is 61.5 Å². The molecular formula is C17H18ClN3OS2. The lowest BCUT2D eigenvalue weighted by Gasteiger charge is -2.15. The smallest absolute Gasteiger partial charge is 0.170 e. The normalized spacial score (nSPS) is 16.8. The van der Waals surface area contributed by atoms with Crippen molar-refractivity contribution < 1.29 is 4.74 Å². The van der Waals surface area contributed by atoms with Gasteiger partial charge in [0.15, 0.2) is 5.11 Å².